The standard InChI is InChI=1S/C23H27NO6/c1-5-28-19-12-11-16(13-20(19)29-6-2)22(26)17-9-7-8-10-18(17)23(27)30-14-21(25)24-15(3)4/h7-13,15H,5-6,14H2,1-4H3,(H,24,25). The van der Waals surface area contributed by atoms with Crippen LogP contribution in [0.25, 0.3) is 0 Å². The summed E-state index contributed by atoms with van der Waals surface area (Å²) in [4.78, 5) is 37.3. The molecule has 2 rings (SSSR count). The summed E-state index contributed by atoms with van der Waals surface area (Å²) >= 11 is 0. The second-order valence-corrected chi connectivity index (χ2v) is 6.70. The molecular weight excluding hydrogens is 386 g/mol. The van der Waals surface area contributed by atoms with Gasteiger partial charge in [0.2, 0.25) is 0 Å². The summed E-state index contributed by atoms with van der Waals surface area (Å²) in [6.45, 7) is 7.77. The fraction of sp³-hybridized carbons (Fsp3) is 0.348. The van der Waals surface area contributed by atoms with Crippen molar-refractivity contribution in [1.29, 1.82) is 0 Å². The van der Waals surface area contributed by atoms with E-state index in [1.165, 1.54) is 6.07 Å². The van der Waals surface area contributed by atoms with Crippen LogP contribution in [-0.4, -0.2) is 43.5 Å². The summed E-state index contributed by atoms with van der Waals surface area (Å²) in [7, 11) is 0. The van der Waals surface area contributed by atoms with E-state index in [4.69, 9.17) is 14.2 Å². The molecule has 0 saturated heterocycles. The van der Waals surface area contributed by atoms with E-state index in [0.717, 1.165) is 0 Å². The SMILES string of the molecule is CCOc1ccc(C(=O)c2ccccc2C(=O)OCC(=O)NC(C)C)cc1OCC. The van der Waals surface area contributed by atoms with E-state index < -0.39 is 18.5 Å². The number of ether oxygens (including phenoxy) is 3. The van der Waals surface area contributed by atoms with Crippen molar-refractivity contribution < 1.29 is 28.6 Å². The number of rotatable bonds is 10. The normalized spacial score (nSPS) is 10.4. The first-order chi connectivity index (χ1) is 14.4. The maximum absolute atomic E-state index is 13.1. The molecule has 0 atom stereocenters. The predicted octanol–water partition coefficient (Wildman–Crippen LogP) is 3.40. The monoisotopic (exact) mass is 413 g/mol. The van der Waals surface area contributed by atoms with E-state index in [9.17, 15) is 14.4 Å². The maximum Gasteiger partial charge on any atom is 0.339 e. The van der Waals surface area contributed by atoms with Gasteiger partial charge in [0, 0.05) is 17.2 Å². The van der Waals surface area contributed by atoms with Gasteiger partial charge >= 0.3 is 5.97 Å². The van der Waals surface area contributed by atoms with Crippen LogP contribution in [0.15, 0.2) is 42.5 Å². The van der Waals surface area contributed by atoms with Crippen LogP contribution in [0.5, 0.6) is 11.5 Å². The Labute approximate surface area is 176 Å². The average molecular weight is 413 g/mol. The van der Waals surface area contributed by atoms with Crippen LogP contribution in [0.3, 0.4) is 0 Å². The molecule has 2 aromatic rings. The fourth-order valence-electron chi connectivity index (χ4n) is 2.78. The highest BCUT2D eigenvalue weighted by atomic mass is 16.5. The van der Waals surface area contributed by atoms with Crippen molar-refractivity contribution in [3.05, 3.63) is 59.2 Å². The van der Waals surface area contributed by atoms with E-state index in [0.29, 0.717) is 30.3 Å². The molecule has 0 saturated carbocycles. The van der Waals surface area contributed by atoms with Crippen molar-refractivity contribution in [1.82, 2.24) is 5.32 Å². The third-order valence-corrected chi connectivity index (χ3v) is 3.98. The van der Waals surface area contributed by atoms with Gasteiger partial charge < -0.3 is 19.5 Å². The van der Waals surface area contributed by atoms with Crippen LogP contribution in [0.4, 0.5) is 0 Å². The van der Waals surface area contributed by atoms with Crippen LogP contribution in [0.1, 0.15) is 54.0 Å². The van der Waals surface area contributed by atoms with Crippen LogP contribution in [0, 0.1) is 0 Å². The molecule has 2 aromatic carbocycles. The molecule has 0 fully saturated rings. The zero-order chi connectivity index (χ0) is 22.1. The molecular formula is C23H27NO6. The first-order valence-electron chi connectivity index (χ1n) is 9.87. The van der Waals surface area contributed by atoms with E-state index in [-0.39, 0.29) is 23.0 Å². The second kappa shape index (κ2) is 11.0. The Balaban J connectivity index is 2.26. The minimum absolute atomic E-state index is 0.0655. The summed E-state index contributed by atoms with van der Waals surface area (Å²) in [5.41, 5.74) is 0.616. The summed E-state index contributed by atoms with van der Waals surface area (Å²) in [6.07, 6.45) is 0. The number of hydrogen-bond donors (Lipinski definition) is 1. The first-order valence-corrected chi connectivity index (χ1v) is 9.87. The van der Waals surface area contributed by atoms with Crippen molar-refractivity contribution in [2.75, 3.05) is 19.8 Å². The highest BCUT2D eigenvalue weighted by Gasteiger charge is 2.21. The summed E-state index contributed by atoms with van der Waals surface area (Å²) < 4.78 is 16.2. The Kier molecular flexibility index (Phi) is 8.41. The number of esters is 1. The lowest BCUT2D eigenvalue weighted by Crippen LogP contribution is -2.34. The number of amides is 1. The fourth-order valence-corrected chi connectivity index (χ4v) is 2.78. The van der Waals surface area contributed by atoms with Gasteiger partial charge in [0.05, 0.1) is 18.8 Å². The lowest BCUT2D eigenvalue weighted by Gasteiger charge is -2.13. The molecule has 0 aliphatic heterocycles. The molecule has 0 bridgehead atoms. The molecule has 0 aliphatic carbocycles. The number of benzene rings is 2. The van der Waals surface area contributed by atoms with Crippen molar-refractivity contribution >= 4 is 17.7 Å². The van der Waals surface area contributed by atoms with E-state index in [2.05, 4.69) is 5.32 Å². The maximum atomic E-state index is 13.1. The zero-order valence-corrected chi connectivity index (χ0v) is 17.7. The third-order valence-electron chi connectivity index (χ3n) is 3.98. The Morgan fingerprint density at radius 1 is 0.900 bits per heavy atom. The predicted molar refractivity (Wildman–Crippen MR) is 112 cm³/mol. The van der Waals surface area contributed by atoms with Gasteiger partial charge in [-0.1, -0.05) is 18.2 Å². The third kappa shape index (κ3) is 6.07. The van der Waals surface area contributed by atoms with Crippen LogP contribution in [-0.2, 0) is 9.53 Å². The van der Waals surface area contributed by atoms with Gasteiger partial charge in [-0.25, -0.2) is 4.79 Å². The topological polar surface area (TPSA) is 90.9 Å². The first kappa shape index (κ1) is 22.9. The van der Waals surface area contributed by atoms with Crippen molar-refractivity contribution in [3.63, 3.8) is 0 Å². The molecule has 0 radical (unpaired) electrons. The van der Waals surface area contributed by atoms with Crippen molar-refractivity contribution in [2.24, 2.45) is 0 Å². The minimum Gasteiger partial charge on any atom is -0.490 e. The number of carbonyl (C=O) groups excluding carboxylic acids is 3. The second-order valence-electron chi connectivity index (χ2n) is 6.70. The molecule has 7 nitrogen and oxygen atoms in total. The molecule has 160 valence electrons. The van der Waals surface area contributed by atoms with E-state index >= 15 is 0 Å². The number of ketones is 1. The Bertz CT molecular complexity index is 906. The molecule has 1 amide bonds. The van der Waals surface area contributed by atoms with Crippen LogP contribution in [0.2, 0.25) is 0 Å². The molecule has 0 spiro atoms. The van der Waals surface area contributed by atoms with Gasteiger partial charge in [-0.3, -0.25) is 9.59 Å². The Morgan fingerprint density at radius 2 is 1.53 bits per heavy atom. The molecule has 0 unspecified atom stereocenters. The average Bonchev–Trinajstić information content (AvgIpc) is 2.72. The Morgan fingerprint density at radius 3 is 2.17 bits per heavy atom. The smallest absolute Gasteiger partial charge is 0.339 e. The van der Waals surface area contributed by atoms with Crippen LogP contribution < -0.4 is 14.8 Å². The van der Waals surface area contributed by atoms with Gasteiger partial charge in [0.15, 0.2) is 23.9 Å². The number of nitrogens with one attached hydrogen (secondary N) is 1. The van der Waals surface area contributed by atoms with Gasteiger partial charge in [0.1, 0.15) is 0 Å². The number of hydrogen-bond acceptors (Lipinski definition) is 6. The van der Waals surface area contributed by atoms with Crippen LogP contribution >= 0.6 is 0 Å². The van der Waals surface area contributed by atoms with E-state index in [1.54, 1.807) is 50.2 Å². The van der Waals surface area contributed by atoms with Gasteiger partial charge in [0.25, 0.3) is 5.91 Å². The van der Waals surface area contributed by atoms with Gasteiger partial charge in [-0.05, 0) is 52.0 Å². The largest absolute Gasteiger partial charge is 0.490 e. The molecule has 0 aromatic heterocycles. The summed E-state index contributed by atoms with van der Waals surface area (Å²) in [6, 6.07) is 11.1. The van der Waals surface area contributed by atoms with Gasteiger partial charge in [-0.2, -0.15) is 0 Å². The molecule has 30 heavy (non-hydrogen) atoms. The van der Waals surface area contributed by atoms with Crippen molar-refractivity contribution in [3.8, 4) is 11.5 Å². The highest BCUT2D eigenvalue weighted by molar-refractivity contribution is 6.14. The molecule has 0 aliphatic rings. The zero-order valence-electron chi connectivity index (χ0n) is 17.7. The molecule has 7 heteroatoms. The number of carbonyl (C=O) groups is 3. The lowest BCUT2D eigenvalue weighted by molar-refractivity contribution is -0.124. The highest BCUT2D eigenvalue weighted by Crippen LogP contribution is 2.30. The summed E-state index contributed by atoms with van der Waals surface area (Å²) in [5, 5.41) is 2.64. The Hall–Kier alpha value is -3.35. The lowest BCUT2D eigenvalue weighted by atomic mass is 9.98. The van der Waals surface area contributed by atoms with Gasteiger partial charge in [-0.15, -0.1) is 0 Å². The summed E-state index contributed by atoms with van der Waals surface area (Å²) in [5.74, 6) is -0.516. The quantitative estimate of drug-likeness (QED) is 0.474. The molecule has 1 N–H and O–H groups in total. The van der Waals surface area contributed by atoms with Crippen molar-refractivity contribution in [2.45, 2.75) is 33.7 Å². The van der Waals surface area contributed by atoms with E-state index in [1.807, 2.05) is 13.8 Å². The molecule has 0 heterocycles. The minimum atomic E-state index is -0.742.